The predicted molar refractivity (Wildman–Crippen MR) is 100 cm³/mol. The van der Waals surface area contributed by atoms with Crippen LogP contribution in [0.15, 0.2) is 24.3 Å². The molecule has 0 spiro atoms. The van der Waals surface area contributed by atoms with Crippen molar-refractivity contribution in [1.82, 2.24) is 10.2 Å². The zero-order chi connectivity index (χ0) is 17.1. The van der Waals surface area contributed by atoms with Crippen LogP contribution in [0.3, 0.4) is 0 Å². The van der Waals surface area contributed by atoms with Crippen LogP contribution in [-0.4, -0.2) is 49.7 Å². The fourth-order valence-corrected chi connectivity index (χ4v) is 4.47. The molecule has 0 saturated carbocycles. The molecule has 0 bridgehead atoms. The Kier molecular flexibility index (Phi) is 5.76. The lowest BCUT2D eigenvalue weighted by molar-refractivity contribution is -0.0295. The third-order valence-electron chi connectivity index (χ3n) is 4.08. The third-order valence-corrected chi connectivity index (χ3v) is 5.75. The van der Waals surface area contributed by atoms with Crippen LogP contribution in [0.25, 0.3) is 10.1 Å². The van der Waals surface area contributed by atoms with E-state index in [-0.39, 0.29) is 12.0 Å². The Morgan fingerprint density at radius 1 is 1.46 bits per heavy atom. The smallest absolute Gasteiger partial charge is 0.263 e. The number of rotatable bonds is 5. The molecular weight excluding hydrogens is 344 g/mol. The quantitative estimate of drug-likeness (QED) is 0.878. The van der Waals surface area contributed by atoms with E-state index in [1.54, 1.807) is 0 Å². The lowest BCUT2D eigenvalue weighted by Gasteiger charge is -2.33. The van der Waals surface area contributed by atoms with Crippen molar-refractivity contribution < 1.29 is 9.53 Å². The van der Waals surface area contributed by atoms with E-state index in [1.807, 2.05) is 24.3 Å². The number of ether oxygens (including phenoxy) is 1. The number of halogens is 1. The maximum Gasteiger partial charge on any atom is 0.263 e. The SMILES string of the molecule is CC(C)CN1CCOC(CNC(=O)c2sc3ccccc3c2Cl)C1. The van der Waals surface area contributed by atoms with Crippen LogP contribution in [0.4, 0.5) is 0 Å². The summed E-state index contributed by atoms with van der Waals surface area (Å²) in [5, 5.41) is 4.46. The van der Waals surface area contributed by atoms with Crippen molar-refractivity contribution in [3.8, 4) is 0 Å². The van der Waals surface area contributed by atoms with Crippen LogP contribution in [0.1, 0.15) is 23.5 Å². The highest BCUT2D eigenvalue weighted by atomic mass is 35.5. The molecule has 4 nitrogen and oxygen atoms in total. The summed E-state index contributed by atoms with van der Waals surface area (Å²) < 4.78 is 6.81. The van der Waals surface area contributed by atoms with Gasteiger partial charge in [-0.15, -0.1) is 11.3 Å². The number of fused-ring (bicyclic) bond motifs is 1. The molecule has 1 N–H and O–H groups in total. The van der Waals surface area contributed by atoms with Gasteiger partial charge in [0.2, 0.25) is 0 Å². The molecule has 2 heterocycles. The molecule has 3 rings (SSSR count). The van der Waals surface area contributed by atoms with Gasteiger partial charge in [-0.1, -0.05) is 43.6 Å². The molecule has 1 amide bonds. The first-order chi connectivity index (χ1) is 11.5. The molecule has 1 aliphatic heterocycles. The summed E-state index contributed by atoms with van der Waals surface area (Å²) in [5.41, 5.74) is 0. The number of hydrogen-bond acceptors (Lipinski definition) is 4. The second-order valence-corrected chi connectivity index (χ2v) is 8.03. The van der Waals surface area contributed by atoms with Crippen LogP contribution in [0.2, 0.25) is 5.02 Å². The van der Waals surface area contributed by atoms with Crippen molar-refractivity contribution in [3.63, 3.8) is 0 Å². The molecule has 1 aromatic carbocycles. The third kappa shape index (κ3) is 4.09. The molecule has 130 valence electrons. The van der Waals surface area contributed by atoms with E-state index in [4.69, 9.17) is 16.3 Å². The number of carbonyl (C=O) groups is 1. The summed E-state index contributed by atoms with van der Waals surface area (Å²) in [6.07, 6.45) is 0.0367. The number of morpholine rings is 1. The van der Waals surface area contributed by atoms with Gasteiger partial charge in [0.05, 0.1) is 17.7 Å². The van der Waals surface area contributed by atoms with E-state index in [2.05, 4.69) is 24.1 Å². The maximum absolute atomic E-state index is 12.5. The first-order valence-corrected chi connectivity index (χ1v) is 9.53. The van der Waals surface area contributed by atoms with Crippen molar-refractivity contribution >= 4 is 38.9 Å². The highest BCUT2D eigenvalue weighted by molar-refractivity contribution is 7.21. The summed E-state index contributed by atoms with van der Waals surface area (Å²) >= 11 is 7.80. The Hall–Kier alpha value is -1.14. The van der Waals surface area contributed by atoms with E-state index in [0.29, 0.717) is 22.4 Å². The molecule has 1 aromatic heterocycles. The minimum absolute atomic E-state index is 0.0367. The fourth-order valence-electron chi connectivity index (χ4n) is 3.03. The molecule has 1 aliphatic rings. The second-order valence-electron chi connectivity index (χ2n) is 6.60. The number of benzene rings is 1. The Balaban J connectivity index is 1.59. The Morgan fingerprint density at radius 3 is 3.00 bits per heavy atom. The molecular formula is C18H23ClN2O2S. The highest BCUT2D eigenvalue weighted by Crippen LogP contribution is 2.34. The Morgan fingerprint density at radius 2 is 2.25 bits per heavy atom. The van der Waals surface area contributed by atoms with Crippen LogP contribution in [0.5, 0.6) is 0 Å². The van der Waals surface area contributed by atoms with Crippen LogP contribution in [0, 0.1) is 5.92 Å². The van der Waals surface area contributed by atoms with Gasteiger partial charge in [-0.3, -0.25) is 9.69 Å². The van der Waals surface area contributed by atoms with E-state index >= 15 is 0 Å². The van der Waals surface area contributed by atoms with Crippen LogP contribution < -0.4 is 5.32 Å². The number of hydrogen-bond donors (Lipinski definition) is 1. The van der Waals surface area contributed by atoms with Gasteiger partial charge in [0.1, 0.15) is 4.88 Å². The molecule has 1 atom stereocenters. The van der Waals surface area contributed by atoms with Gasteiger partial charge in [-0.05, 0) is 12.0 Å². The predicted octanol–water partition coefficient (Wildman–Crippen LogP) is 3.64. The Labute approximate surface area is 151 Å². The minimum Gasteiger partial charge on any atom is -0.374 e. The zero-order valence-electron chi connectivity index (χ0n) is 14.0. The number of thiophene rings is 1. The molecule has 2 aromatic rings. The fraction of sp³-hybridized carbons (Fsp3) is 0.500. The van der Waals surface area contributed by atoms with E-state index < -0.39 is 0 Å². The number of carbonyl (C=O) groups excluding carboxylic acids is 1. The van der Waals surface area contributed by atoms with Crippen molar-refractivity contribution in [2.75, 3.05) is 32.8 Å². The molecule has 0 radical (unpaired) electrons. The average Bonchev–Trinajstić information content (AvgIpc) is 2.90. The molecule has 24 heavy (non-hydrogen) atoms. The molecule has 0 aliphatic carbocycles. The summed E-state index contributed by atoms with van der Waals surface area (Å²) in [7, 11) is 0. The van der Waals surface area contributed by atoms with E-state index in [1.165, 1.54) is 11.3 Å². The van der Waals surface area contributed by atoms with Crippen molar-refractivity contribution in [2.24, 2.45) is 5.92 Å². The number of nitrogens with one attached hydrogen (secondary N) is 1. The minimum atomic E-state index is -0.120. The van der Waals surface area contributed by atoms with Gasteiger partial charge in [-0.25, -0.2) is 0 Å². The van der Waals surface area contributed by atoms with Crippen molar-refractivity contribution in [1.29, 1.82) is 0 Å². The summed E-state index contributed by atoms with van der Waals surface area (Å²) in [6, 6.07) is 7.81. The summed E-state index contributed by atoms with van der Waals surface area (Å²) in [5.74, 6) is 0.515. The van der Waals surface area contributed by atoms with Gasteiger partial charge in [-0.2, -0.15) is 0 Å². The van der Waals surface area contributed by atoms with E-state index in [0.717, 1.165) is 36.3 Å². The van der Waals surface area contributed by atoms with Gasteiger partial charge in [0, 0.05) is 36.3 Å². The topological polar surface area (TPSA) is 41.6 Å². The van der Waals surface area contributed by atoms with Gasteiger partial charge >= 0.3 is 0 Å². The lowest BCUT2D eigenvalue weighted by Crippen LogP contribution is -2.48. The average molecular weight is 367 g/mol. The first kappa shape index (κ1) is 17.7. The summed E-state index contributed by atoms with van der Waals surface area (Å²) in [6.45, 7) is 8.56. The number of nitrogens with zero attached hydrogens (tertiary/aromatic N) is 1. The van der Waals surface area contributed by atoms with Gasteiger partial charge in [0.25, 0.3) is 5.91 Å². The van der Waals surface area contributed by atoms with E-state index in [9.17, 15) is 4.79 Å². The zero-order valence-corrected chi connectivity index (χ0v) is 15.6. The van der Waals surface area contributed by atoms with Crippen molar-refractivity contribution in [2.45, 2.75) is 20.0 Å². The lowest BCUT2D eigenvalue weighted by atomic mass is 10.2. The molecule has 1 fully saturated rings. The van der Waals surface area contributed by atoms with Crippen LogP contribution in [-0.2, 0) is 4.74 Å². The molecule has 1 unspecified atom stereocenters. The molecule has 1 saturated heterocycles. The van der Waals surface area contributed by atoms with Crippen molar-refractivity contribution in [3.05, 3.63) is 34.2 Å². The summed E-state index contributed by atoms with van der Waals surface area (Å²) in [4.78, 5) is 15.5. The van der Waals surface area contributed by atoms with Gasteiger partial charge in [0.15, 0.2) is 0 Å². The Bertz CT molecular complexity index is 716. The van der Waals surface area contributed by atoms with Gasteiger partial charge < -0.3 is 10.1 Å². The monoisotopic (exact) mass is 366 g/mol. The normalized spacial score (nSPS) is 19.1. The number of amides is 1. The maximum atomic E-state index is 12.5. The highest BCUT2D eigenvalue weighted by Gasteiger charge is 2.23. The first-order valence-electron chi connectivity index (χ1n) is 8.33. The standard InChI is InChI=1S/C18H23ClN2O2S/c1-12(2)10-21-7-8-23-13(11-21)9-20-18(22)17-16(19)14-5-3-4-6-15(14)24-17/h3-6,12-13H,7-11H2,1-2H3,(H,20,22). The van der Waals surface area contributed by atoms with Crippen LogP contribution >= 0.6 is 22.9 Å². The largest absolute Gasteiger partial charge is 0.374 e. The molecule has 6 heteroatoms. The second kappa shape index (κ2) is 7.83.